The van der Waals surface area contributed by atoms with Gasteiger partial charge in [-0.25, -0.2) is 0 Å². The Kier molecular flexibility index (Phi) is 3.17. The Bertz CT molecular complexity index is 253. The van der Waals surface area contributed by atoms with E-state index in [2.05, 4.69) is 25.2 Å². The molecular weight excluding hydrogens is 186 g/mol. The molecule has 0 aliphatic carbocycles. The minimum absolute atomic E-state index is 0.442. The van der Waals surface area contributed by atoms with Gasteiger partial charge in [-0.2, -0.15) is 0 Å². The maximum Gasteiger partial charge on any atom is 0.0635 e. The normalized spacial score (nSPS) is 10.7. The number of rotatable bonds is 2. The van der Waals surface area contributed by atoms with E-state index in [4.69, 9.17) is 11.6 Å². The fraction of sp³-hybridized carbons (Fsp3) is 0.333. The number of halogens is 1. The molecule has 0 amide bonds. The van der Waals surface area contributed by atoms with Crippen LogP contribution in [0.3, 0.4) is 0 Å². The van der Waals surface area contributed by atoms with E-state index in [1.54, 1.807) is 0 Å². The Balaban J connectivity index is 2.96. The molecule has 0 unspecified atom stereocenters. The van der Waals surface area contributed by atoms with Gasteiger partial charge in [0, 0.05) is 16.3 Å². The first-order chi connectivity index (χ1) is 5.61. The van der Waals surface area contributed by atoms with Gasteiger partial charge >= 0.3 is 0 Å². The van der Waals surface area contributed by atoms with Gasteiger partial charge in [0.25, 0.3) is 0 Å². The largest absolute Gasteiger partial charge is 0.382 e. The van der Waals surface area contributed by atoms with Crippen molar-refractivity contribution in [2.75, 3.05) is 5.32 Å². The van der Waals surface area contributed by atoms with E-state index in [0.29, 0.717) is 6.04 Å². The van der Waals surface area contributed by atoms with Crippen LogP contribution in [0.25, 0.3) is 0 Å². The van der Waals surface area contributed by atoms with Gasteiger partial charge in [-0.3, -0.25) is 0 Å². The molecule has 3 heteroatoms. The van der Waals surface area contributed by atoms with Crippen LogP contribution in [0.2, 0.25) is 5.02 Å². The van der Waals surface area contributed by atoms with E-state index in [1.807, 2.05) is 12.1 Å². The molecule has 66 valence electrons. The highest BCUT2D eigenvalue weighted by Gasteiger charge is 2.03. The van der Waals surface area contributed by atoms with Gasteiger partial charge in [0.2, 0.25) is 0 Å². The highest BCUT2D eigenvalue weighted by molar-refractivity contribution is 6.41. The second-order valence-corrected chi connectivity index (χ2v) is 4.72. The number of anilines is 1. The number of hydrogen-bond donors (Lipinski definition) is 1. The van der Waals surface area contributed by atoms with Gasteiger partial charge in [0.1, 0.15) is 0 Å². The van der Waals surface area contributed by atoms with E-state index in [9.17, 15) is 0 Å². The average Bonchev–Trinajstić information content (AvgIpc) is 1.97. The van der Waals surface area contributed by atoms with Crippen LogP contribution in [0.5, 0.6) is 0 Å². The van der Waals surface area contributed by atoms with Crippen LogP contribution in [0, 0.1) is 0 Å². The minimum Gasteiger partial charge on any atom is -0.382 e. The Hall–Kier alpha value is -0.473. The molecule has 1 nitrogen and oxygen atoms in total. The quantitative estimate of drug-likeness (QED) is 0.705. The first-order valence-corrected chi connectivity index (χ1v) is 5.50. The molecule has 0 atom stereocenters. The number of benzene rings is 1. The summed E-state index contributed by atoms with van der Waals surface area (Å²) >= 11 is 6.03. The third-order valence-corrected chi connectivity index (χ3v) is 2.80. The van der Waals surface area contributed by atoms with E-state index in [0.717, 1.165) is 21.0 Å². The van der Waals surface area contributed by atoms with Crippen molar-refractivity contribution in [3.8, 4) is 0 Å². The first kappa shape index (κ1) is 9.61. The smallest absolute Gasteiger partial charge is 0.0635 e. The van der Waals surface area contributed by atoms with Crippen LogP contribution in [0.15, 0.2) is 18.2 Å². The van der Waals surface area contributed by atoms with Crippen molar-refractivity contribution in [1.29, 1.82) is 0 Å². The van der Waals surface area contributed by atoms with Crippen molar-refractivity contribution in [3.63, 3.8) is 0 Å². The van der Waals surface area contributed by atoms with Crippen molar-refractivity contribution in [2.45, 2.75) is 19.9 Å². The molecule has 12 heavy (non-hydrogen) atoms. The third-order valence-electron chi connectivity index (χ3n) is 1.65. The van der Waals surface area contributed by atoms with Crippen LogP contribution < -0.4 is 10.5 Å². The topological polar surface area (TPSA) is 12.0 Å². The Labute approximate surface area is 81.6 Å². The number of nitrogens with one attached hydrogen (secondary N) is 1. The summed E-state index contributed by atoms with van der Waals surface area (Å²) in [7, 11) is 1.03. The summed E-state index contributed by atoms with van der Waals surface area (Å²) in [5.41, 5.74) is 1.11. The molecule has 0 saturated carbocycles. The molecule has 0 aromatic heterocycles. The average molecular weight is 200 g/mol. The molecule has 1 aromatic carbocycles. The second-order valence-electron chi connectivity index (χ2n) is 3.23. The molecule has 1 aromatic rings. The lowest BCUT2D eigenvalue weighted by molar-refractivity contribution is 0.901. The summed E-state index contributed by atoms with van der Waals surface area (Å²) in [4.78, 5) is 0. The van der Waals surface area contributed by atoms with Crippen LogP contribution in [0.1, 0.15) is 13.8 Å². The molecule has 0 saturated heterocycles. The summed E-state index contributed by atoms with van der Waals surface area (Å²) < 4.78 is 0. The van der Waals surface area contributed by atoms with Gasteiger partial charge in [-0.05, 0) is 25.1 Å². The van der Waals surface area contributed by atoms with Crippen LogP contribution in [-0.4, -0.2) is 16.3 Å². The standard InChI is InChI=1S/C9H14ClNSi/c1-6(2)11-9-7(10)4-3-5-8(9)12/h3-6,11H,1-2,12H3. The molecule has 0 aliphatic rings. The number of hydrogen-bond acceptors (Lipinski definition) is 1. The lowest BCUT2D eigenvalue weighted by atomic mass is 10.3. The van der Waals surface area contributed by atoms with Crippen molar-refractivity contribution in [3.05, 3.63) is 23.2 Å². The highest BCUT2D eigenvalue weighted by Crippen LogP contribution is 2.18. The zero-order valence-electron chi connectivity index (χ0n) is 7.69. The lowest BCUT2D eigenvalue weighted by Gasteiger charge is -2.14. The van der Waals surface area contributed by atoms with E-state index in [-0.39, 0.29) is 0 Å². The fourth-order valence-electron chi connectivity index (χ4n) is 1.10. The van der Waals surface area contributed by atoms with Crippen molar-refractivity contribution in [2.24, 2.45) is 0 Å². The summed E-state index contributed by atoms with van der Waals surface area (Å²) in [5.74, 6) is 0. The lowest BCUT2D eigenvalue weighted by Crippen LogP contribution is -2.18. The molecule has 0 bridgehead atoms. The SMILES string of the molecule is CC(C)Nc1c([SiH3])cccc1Cl. The minimum atomic E-state index is 0.442. The zero-order valence-corrected chi connectivity index (χ0v) is 10.4. The van der Waals surface area contributed by atoms with E-state index < -0.39 is 0 Å². The predicted molar refractivity (Wildman–Crippen MR) is 59.8 cm³/mol. The second kappa shape index (κ2) is 3.96. The van der Waals surface area contributed by atoms with Crippen molar-refractivity contribution >= 4 is 32.7 Å². The van der Waals surface area contributed by atoms with Gasteiger partial charge in [-0.15, -0.1) is 0 Å². The maximum absolute atomic E-state index is 6.03. The predicted octanol–water partition coefficient (Wildman–Crippen LogP) is 1.15. The van der Waals surface area contributed by atoms with Crippen molar-refractivity contribution in [1.82, 2.24) is 0 Å². The van der Waals surface area contributed by atoms with Gasteiger partial charge < -0.3 is 5.32 Å². The summed E-state index contributed by atoms with van der Waals surface area (Å²) in [5, 5.41) is 5.50. The Morgan fingerprint density at radius 2 is 2.08 bits per heavy atom. The van der Waals surface area contributed by atoms with Crippen molar-refractivity contribution < 1.29 is 0 Å². The Morgan fingerprint density at radius 3 is 2.58 bits per heavy atom. The molecule has 0 radical (unpaired) electrons. The first-order valence-electron chi connectivity index (χ1n) is 4.13. The molecule has 0 fully saturated rings. The number of para-hydroxylation sites is 1. The van der Waals surface area contributed by atoms with Gasteiger partial charge in [0.15, 0.2) is 0 Å². The van der Waals surface area contributed by atoms with Crippen LogP contribution in [0.4, 0.5) is 5.69 Å². The molecule has 1 rings (SSSR count). The third kappa shape index (κ3) is 2.25. The van der Waals surface area contributed by atoms with E-state index >= 15 is 0 Å². The maximum atomic E-state index is 6.03. The molecule has 0 aliphatic heterocycles. The highest BCUT2D eigenvalue weighted by atomic mass is 35.5. The molecular formula is C9H14ClNSi. The van der Waals surface area contributed by atoms with Gasteiger partial charge in [0.05, 0.1) is 10.7 Å². The van der Waals surface area contributed by atoms with Crippen LogP contribution in [-0.2, 0) is 0 Å². The fourth-order valence-corrected chi connectivity index (χ4v) is 2.14. The summed E-state index contributed by atoms with van der Waals surface area (Å²) in [6, 6.07) is 6.48. The van der Waals surface area contributed by atoms with E-state index in [1.165, 1.54) is 5.19 Å². The Morgan fingerprint density at radius 1 is 1.42 bits per heavy atom. The molecule has 1 N–H and O–H groups in total. The van der Waals surface area contributed by atoms with Gasteiger partial charge in [-0.1, -0.05) is 23.7 Å². The molecule has 0 heterocycles. The van der Waals surface area contributed by atoms with Crippen LogP contribution >= 0.6 is 11.6 Å². The monoisotopic (exact) mass is 199 g/mol. The summed E-state index contributed by atoms with van der Waals surface area (Å²) in [6.07, 6.45) is 0. The molecule has 0 spiro atoms. The zero-order chi connectivity index (χ0) is 9.14. The summed E-state index contributed by atoms with van der Waals surface area (Å²) in [6.45, 7) is 4.23.